The summed E-state index contributed by atoms with van der Waals surface area (Å²) >= 11 is 0. The molecule has 0 amide bonds. The zero-order valence-electron chi connectivity index (χ0n) is 9.28. The van der Waals surface area contributed by atoms with Gasteiger partial charge in [-0.2, -0.15) is 13.2 Å². The smallest absolute Gasteiger partial charge is 0.355 e. The molecule has 0 saturated heterocycles. The van der Waals surface area contributed by atoms with E-state index >= 15 is 0 Å². The monoisotopic (exact) mass is 246 g/mol. The van der Waals surface area contributed by atoms with E-state index in [4.69, 9.17) is 5.73 Å². The molecule has 1 heterocycles. The Kier molecular flexibility index (Phi) is 2.94. The Labute approximate surface area is 96.7 Å². The van der Waals surface area contributed by atoms with Crippen LogP contribution in [0.25, 0.3) is 0 Å². The summed E-state index contributed by atoms with van der Waals surface area (Å²) in [6.45, 7) is 0. The molecule has 0 bridgehead atoms. The summed E-state index contributed by atoms with van der Waals surface area (Å²) in [5.41, 5.74) is 4.68. The van der Waals surface area contributed by atoms with Crippen molar-refractivity contribution in [2.24, 2.45) is 5.73 Å². The normalized spacial score (nSPS) is 24.3. The number of alkyl halides is 3. The summed E-state index contributed by atoms with van der Waals surface area (Å²) in [7, 11) is 1.79. The summed E-state index contributed by atoms with van der Waals surface area (Å²) in [5, 5.41) is 0. The third-order valence-corrected chi connectivity index (χ3v) is 2.99. The Balaban J connectivity index is 2.07. The van der Waals surface area contributed by atoms with Gasteiger partial charge in [0.1, 0.15) is 5.82 Å². The molecular weight excluding hydrogens is 233 g/mol. The molecule has 0 aliphatic heterocycles. The van der Waals surface area contributed by atoms with Gasteiger partial charge in [-0.25, -0.2) is 9.97 Å². The van der Waals surface area contributed by atoms with Crippen LogP contribution in [0.2, 0.25) is 0 Å². The number of hydrogen-bond acceptors (Lipinski definition) is 4. The van der Waals surface area contributed by atoms with Crippen LogP contribution in [-0.2, 0) is 6.18 Å². The highest BCUT2D eigenvalue weighted by Crippen LogP contribution is 2.29. The molecule has 1 aliphatic rings. The molecule has 1 aromatic heterocycles. The molecule has 0 atom stereocenters. The third kappa shape index (κ3) is 2.49. The van der Waals surface area contributed by atoms with Gasteiger partial charge in [-0.05, 0) is 12.8 Å². The Bertz CT molecular complexity index is 384. The number of rotatable bonds is 2. The molecule has 17 heavy (non-hydrogen) atoms. The van der Waals surface area contributed by atoms with E-state index in [1.54, 1.807) is 7.05 Å². The quantitative estimate of drug-likeness (QED) is 0.857. The maximum absolute atomic E-state index is 12.3. The number of nitrogens with zero attached hydrogens (tertiary/aromatic N) is 3. The average molecular weight is 246 g/mol. The van der Waals surface area contributed by atoms with Gasteiger partial charge in [-0.15, -0.1) is 0 Å². The maximum atomic E-state index is 12.3. The minimum atomic E-state index is -4.44. The van der Waals surface area contributed by atoms with E-state index in [0.29, 0.717) is 5.82 Å². The molecule has 1 aliphatic carbocycles. The van der Waals surface area contributed by atoms with E-state index in [9.17, 15) is 13.2 Å². The van der Waals surface area contributed by atoms with Crippen LogP contribution in [0.15, 0.2) is 12.4 Å². The summed E-state index contributed by atoms with van der Waals surface area (Å²) in [6.07, 6.45) is -0.877. The Morgan fingerprint density at radius 1 is 1.29 bits per heavy atom. The van der Waals surface area contributed by atoms with Crippen molar-refractivity contribution in [2.75, 3.05) is 11.9 Å². The second-order valence-electron chi connectivity index (χ2n) is 4.25. The fourth-order valence-electron chi connectivity index (χ4n) is 1.78. The van der Waals surface area contributed by atoms with Gasteiger partial charge in [-0.3, -0.25) is 0 Å². The first-order valence-electron chi connectivity index (χ1n) is 5.25. The minimum Gasteiger partial charge on any atom is -0.355 e. The topological polar surface area (TPSA) is 55.0 Å². The number of halogens is 3. The van der Waals surface area contributed by atoms with Crippen LogP contribution in [-0.4, -0.2) is 29.1 Å². The second kappa shape index (κ2) is 4.14. The summed E-state index contributed by atoms with van der Waals surface area (Å²) < 4.78 is 36.8. The van der Waals surface area contributed by atoms with E-state index in [0.717, 1.165) is 25.2 Å². The van der Waals surface area contributed by atoms with Crippen molar-refractivity contribution < 1.29 is 13.2 Å². The first kappa shape index (κ1) is 12.1. The van der Waals surface area contributed by atoms with Crippen molar-refractivity contribution in [1.29, 1.82) is 0 Å². The highest BCUT2D eigenvalue weighted by molar-refractivity contribution is 5.37. The molecule has 0 aromatic carbocycles. The predicted molar refractivity (Wildman–Crippen MR) is 56.4 cm³/mol. The fraction of sp³-hybridized carbons (Fsp3) is 0.600. The van der Waals surface area contributed by atoms with Crippen LogP contribution < -0.4 is 10.6 Å². The Morgan fingerprint density at radius 3 is 2.35 bits per heavy atom. The number of aromatic nitrogens is 2. The number of anilines is 1. The van der Waals surface area contributed by atoms with E-state index in [1.807, 2.05) is 4.90 Å². The lowest BCUT2D eigenvalue weighted by Crippen LogP contribution is -2.49. The van der Waals surface area contributed by atoms with Crippen LogP contribution in [0.3, 0.4) is 0 Å². The van der Waals surface area contributed by atoms with Crippen LogP contribution in [0.5, 0.6) is 0 Å². The molecule has 4 nitrogen and oxygen atoms in total. The molecule has 2 N–H and O–H groups in total. The largest absolute Gasteiger partial charge is 0.434 e. The molecule has 7 heteroatoms. The van der Waals surface area contributed by atoms with Crippen molar-refractivity contribution in [3.8, 4) is 0 Å². The van der Waals surface area contributed by atoms with Gasteiger partial charge < -0.3 is 10.6 Å². The zero-order chi connectivity index (χ0) is 12.6. The van der Waals surface area contributed by atoms with Gasteiger partial charge in [0.25, 0.3) is 0 Å². The van der Waals surface area contributed by atoms with Gasteiger partial charge >= 0.3 is 6.18 Å². The van der Waals surface area contributed by atoms with E-state index in [-0.39, 0.29) is 12.1 Å². The molecule has 1 fully saturated rings. The maximum Gasteiger partial charge on any atom is 0.434 e. The summed E-state index contributed by atoms with van der Waals surface area (Å²) in [4.78, 5) is 8.96. The molecule has 2 rings (SSSR count). The summed E-state index contributed by atoms with van der Waals surface area (Å²) in [5.74, 6) is 0.440. The van der Waals surface area contributed by atoms with Crippen LogP contribution in [0, 0.1) is 0 Å². The van der Waals surface area contributed by atoms with Gasteiger partial charge in [-0.1, -0.05) is 0 Å². The van der Waals surface area contributed by atoms with Crippen LogP contribution >= 0.6 is 0 Å². The Hall–Kier alpha value is -1.37. The zero-order valence-corrected chi connectivity index (χ0v) is 9.28. The van der Waals surface area contributed by atoms with Gasteiger partial charge in [0.05, 0.1) is 12.4 Å². The third-order valence-electron chi connectivity index (χ3n) is 2.99. The van der Waals surface area contributed by atoms with E-state index < -0.39 is 11.9 Å². The predicted octanol–water partition coefficient (Wildman–Crippen LogP) is 1.42. The van der Waals surface area contributed by atoms with Crippen molar-refractivity contribution in [3.63, 3.8) is 0 Å². The molecular formula is C10H13F3N4. The standard InChI is InChI=1S/C10H13F3N4/c1-17(7-2-6(14)3-7)9-5-15-8(4-16-9)10(11,12)13/h4-7H,2-3,14H2,1H3/t6-,7-. The molecule has 1 saturated carbocycles. The highest BCUT2D eigenvalue weighted by atomic mass is 19.4. The van der Waals surface area contributed by atoms with Gasteiger partial charge in [0.2, 0.25) is 0 Å². The van der Waals surface area contributed by atoms with Crippen molar-refractivity contribution >= 4 is 5.82 Å². The van der Waals surface area contributed by atoms with Crippen LogP contribution in [0.1, 0.15) is 18.5 Å². The Morgan fingerprint density at radius 2 is 1.94 bits per heavy atom. The lowest BCUT2D eigenvalue weighted by atomic mass is 9.86. The van der Waals surface area contributed by atoms with Gasteiger partial charge in [0, 0.05) is 19.1 Å². The first-order chi connectivity index (χ1) is 7.88. The fourth-order valence-corrected chi connectivity index (χ4v) is 1.78. The lowest BCUT2D eigenvalue weighted by Gasteiger charge is -2.39. The molecule has 0 unspecified atom stereocenters. The van der Waals surface area contributed by atoms with Crippen molar-refractivity contribution in [3.05, 3.63) is 18.1 Å². The van der Waals surface area contributed by atoms with Crippen LogP contribution in [0.4, 0.5) is 19.0 Å². The SMILES string of the molecule is CN(c1cnc(C(F)(F)F)cn1)[C@H]1C[C@H](N)C1. The second-order valence-corrected chi connectivity index (χ2v) is 4.25. The van der Waals surface area contributed by atoms with Gasteiger partial charge in [0.15, 0.2) is 5.69 Å². The van der Waals surface area contributed by atoms with E-state index in [2.05, 4.69) is 9.97 Å². The molecule has 0 spiro atoms. The average Bonchev–Trinajstić information content (AvgIpc) is 2.23. The molecule has 0 radical (unpaired) electrons. The summed E-state index contributed by atoms with van der Waals surface area (Å²) in [6, 6.07) is 0.431. The number of hydrogen-bond donors (Lipinski definition) is 1. The van der Waals surface area contributed by atoms with Crippen molar-refractivity contribution in [2.45, 2.75) is 31.1 Å². The molecule has 94 valence electrons. The minimum absolute atomic E-state index is 0.185. The van der Waals surface area contributed by atoms with E-state index in [1.165, 1.54) is 0 Å². The molecule has 1 aromatic rings. The first-order valence-corrected chi connectivity index (χ1v) is 5.25. The van der Waals surface area contributed by atoms with Crippen molar-refractivity contribution in [1.82, 2.24) is 9.97 Å². The number of nitrogens with two attached hydrogens (primary N) is 1. The highest BCUT2D eigenvalue weighted by Gasteiger charge is 2.34. The lowest BCUT2D eigenvalue weighted by molar-refractivity contribution is -0.141.